The zero-order chi connectivity index (χ0) is 9.46. The molecule has 0 fully saturated rings. The van der Waals surface area contributed by atoms with Gasteiger partial charge in [-0.05, 0) is 31.9 Å². The van der Waals surface area contributed by atoms with Crippen molar-refractivity contribution in [2.75, 3.05) is 0 Å². The Morgan fingerprint density at radius 3 is 2.44 bits per heavy atom. The van der Waals surface area contributed by atoms with Crippen LogP contribution >= 0.6 is 0 Å². The summed E-state index contributed by atoms with van der Waals surface area (Å²) in [5.74, 6) is 0. The van der Waals surface area contributed by atoms with Crippen molar-refractivity contribution < 1.29 is 4.11 Å². The van der Waals surface area contributed by atoms with E-state index in [0.717, 1.165) is 11.1 Å². The summed E-state index contributed by atoms with van der Waals surface area (Å²) >= 11 is 0. The molecule has 48 valence electrons. The number of benzene rings is 1. The van der Waals surface area contributed by atoms with Crippen molar-refractivity contribution in [2.24, 2.45) is 0 Å². The van der Waals surface area contributed by atoms with Gasteiger partial charge in [0.15, 0.2) is 0 Å². The van der Waals surface area contributed by atoms with Crippen LogP contribution < -0.4 is 0 Å². The fourth-order valence-corrected chi connectivity index (χ4v) is 0.688. The molecule has 0 atom stereocenters. The Morgan fingerprint density at radius 2 is 1.78 bits per heavy atom. The lowest BCUT2D eigenvalue weighted by Crippen LogP contribution is -1.79. The van der Waals surface area contributed by atoms with E-state index >= 15 is 0 Å². The van der Waals surface area contributed by atoms with Crippen LogP contribution in [0.5, 0.6) is 0 Å². The highest BCUT2D eigenvalue weighted by atomic mass is 13.9. The van der Waals surface area contributed by atoms with Crippen LogP contribution in [0, 0.1) is 20.8 Å². The van der Waals surface area contributed by atoms with Crippen LogP contribution in [0.2, 0.25) is 0 Å². The third kappa shape index (κ3) is 1.32. The maximum absolute atomic E-state index is 7.62. The molecular weight excluding hydrogens is 108 g/mol. The summed E-state index contributed by atoms with van der Waals surface area (Å²) in [4.78, 5) is 0. The SMILES string of the molecule is [2H]c1c([2H])c(C)c(C)c([2H])c1C. The second-order valence-electron chi connectivity index (χ2n) is 2.25. The van der Waals surface area contributed by atoms with E-state index in [-0.39, 0.29) is 12.1 Å². The van der Waals surface area contributed by atoms with Crippen molar-refractivity contribution in [1.29, 1.82) is 0 Å². The topological polar surface area (TPSA) is 0 Å². The molecule has 0 heteroatoms. The summed E-state index contributed by atoms with van der Waals surface area (Å²) in [5.41, 5.74) is 2.16. The minimum Gasteiger partial charge on any atom is -0.0590 e. The van der Waals surface area contributed by atoms with Crippen molar-refractivity contribution in [2.45, 2.75) is 20.8 Å². The Labute approximate surface area is 60.7 Å². The monoisotopic (exact) mass is 123 g/mol. The van der Waals surface area contributed by atoms with Gasteiger partial charge in [-0.1, -0.05) is 23.7 Å². The average Bonchev–Trinajstić information content (AvgIpc) is 2.08. The lowest BCUT2D eigenvalue weighted by atomic mass is 10.1. The van der Waals surface area contributed by atoms with Gasteiger partial charge >= 0.3 is 0 Å². The average molecular weight is 123 g/mol. The van der Waals surface area contributed by atoms with Gasteiger partial charge in [-0.2, -0.15) is 0 Å². The van der Waals surface area contributed by atoms with E-state index in [9.17, 15) is 0 Å². The molecule has 0 amide bonds. The largest absolute Gasteiger partial charge is 0.0628 e. The second kappa shape index (κ2) is 2.22. The van der Waals surface area contributed by atoms with Crippen LogP contribution in [0.25, 0.3) is 0 Å². The predicted octanol–water partition coefficient (Wildman–Crippen LogP) is 2.61. The first-order valence-corrected chi connectivity index (χ1v) is 3.00. The molecule has 0 nitrogen and oxygen atoms in total. The van der Waals surface area contributed by atoms with Gasteiger partial charge < -0.3 is 0 Å². The molecule has 0 saturated heterocycles. The fraction of sp³-hybridized carbons (Fsp3) is 0.333. The summed E-state index contributed by atoms with van der Waals surface area (Å²) in [6.45, 7) is 5.32. The van der Waals surface area contributed by atoms with Gasteiger partial charge in [-0.25, -0.2) is 0 Å². The van der Waals surface area contributed by atoms with E-state index in [1.54, 1.807) is 13.8 Å². The molecule has 0 heterocycles. The van der Waals surface area contributed by atoms with E-state index in [2.05, 4.69) is 0 Å². The third-order valence-electron chi connectivity index (χ3n) is 1.38. The molecule has 1 aromatic rings. The zero-order valence-electron chi connectivity index (χ0n) is 9.00. The summed E-state index contributed by atoms with van der Waals surface area (Å²) < 4.78 is 22.7. The Balaban J connectivity index is 3.60. The van der Waals surface area contributed by atoms with E-state index in [1.807, 2.05) is 6.92 Å². The van der Waals surface area contributed by atoms with Crippen molar-refractivity contribution in [3.05, 3.63) is 34.8 Å². The smallest absolute Gasteiger partial charge is 0.0590 e. The molecule has 0 unspecified atom stereocenters. The molecule has 0 radical (unpaired) electrons. The minimum atomic E-state index is 0.183. The maximum Gasteiger partial charge on any atom is 0.0628 e. The van der Waals surface area contributed by atoms with E-state index < -0.39 is 0 Å². The molecule has 0 aliphatic rings. The lowest BCUT2D eigenvalue weighted by Gasteiger charge is -1.98. The first kappa shape index (κ1) is 3.40. The van der Waals surface area contributed by atoms with Gasteiger partial charge in [0.25, 0.3) is 0 Å². The maximum atomic E-state index is 7.62. The van der Waals surface area contributed by atoms with Crippen molar-refractivity contribution in [1.82, 2.24) is 0 Å². The van der Waals surface area contributed by atoms with Crippen LogP contribution in [-0.2, 0) is 0 Å². The predicted molar refractivity (Wildman–Crippen MR) is 40.7 cm³/mol. The fourth-order valence-electron chi connectivity index (χ4n) is 0.688. The van der Waals surface area contributed by atoms with Crippen molar-refractivity contribution >= 4 is 0 Å². The lowest BCUT2D eigenvalue weighted by molar-refractivity contribution is 1.30. The highest BCUT2D eigenvalue weighted by molar-refractivity contribution is 5.28. The molecule has 0 aliphatic heterocycles. The van der Waals surface area contributed by atoms with Crippen LogP contribution in [0.4, 0.5) is 0 Å². The molecular formula is C9H12. The Kier molecular flexibility index (Phi) is 0.839. The van der Waals surface area contributed by atoms with Crippen LogP contribution in [0.15, 0.2) is 18.1 Å². The molecule has 0 spiro atoms. The van der Waals surface area contributed by atoms with Crippen molar-refractivity contribution in [3.63, 3.8) is 0 Å². The van der Waals surface area contributed by atoms with Crippen LogP contribution in [0.1, 0.15) is 20.8 Å². The van der Waals surface area contributed by atoms with Crippen LogP contribution in [0.3, 0.4) is 0 Å². The quantitative estimate of drug-likeness (QED) is 0.497. The molecule has 0 aliphatic carbocycles. The first-order valence-electron chi connectivity index (χ1n) is 4.50. The Bertz CT molecular complexity index is 224. The normalized spacial score (nSPS) is 14.3. The summed E-state index contributed by atoms with van der Waals surface area (Å²) in [7, 11) is 0. The molecule has 0 saturated carbocycles. The third-order valence-corrected chi connectivity index (χ3v) is 1.38. The Hall–Kier alpha value is -0.780. The molecule has 1 rings (SSSR count). The molecule has 0 aromatic heterocycles. The highest BCUT2D eigenvalue weighted by Crippen LogP contribution is 2.07. The van der Waals surface area contributed by atoms with Gasteiger partial charge in [0.1, 0.15) is 0 Å². The second-order valence-corrected chi connectivity index (χ2v) is 2.25. The zero-order valence-corrected chi connectivity index (χ0v) is 6.00. The highest BCUT2D eigenvalue weighted by Gasteiger charge is 1.89. The molecule has 1 aromatic carbocycles. The summed E-state index contributed by atoms with van der Waals surface area (Å²) in [5, 5.41) is 0. The number of hydrogen-bond acceptors (Lipinski definition) is 0. The van der Waals surface area contributed by atoms with Crippen molar-refractivity contribution in [3.8, 4) is 0 Å². The standard InChI is InChI=1S/C9H12/c1-7-4-5-8(2)9(3)6-7/h4-6H,1-3H3/i4D,5D,6D. The van der Waals surface area contributed by atoms with Gasteiger partial charge in [0.2, 0.25) is 0 Å². The first-order chi connectivity index (χ1) is 5.46. The molecule has 0 bridgehead atoms. The van der Waals surface area contributed by atoms with Gasteiger partial charge in [-0.3, -0.25) is 0 Å². The van der Waals surface area contributed by atoms with E-state index in [4.69, 9.17) is 4.11 Å². The molecule has 0 N–H and O–H groups in total. The van der Waals surface area contributed by atoms with Gasteiger partial charge in [0.05, 0.1) is 4.11 Å². The van der Waals surface area contributed by atoms with Gasteiger partial charge in [-0.15, -0.1) is 0 Å². The van der Waals surface area contributed by atoms with Crippen LogP contribution in [-0.4, -0.2) is 0 Å². The number of rotatable bonds is 0. The summed E-state index contributed by atoms with van der Waals surface area (Å²) in [6, 6.07) is 0.831. The Morgan fingerprint density at radius 1 is 1.11 bits per heavy atom. The van der Waals surface area contributed by atoms with E-state index in [1.165, 1.54) is 0 Å². The minimum absolute atomic E-state index is 0.183. The van der Waals surface area contributed by atoms with E-state index in [0.29, 0.717) is 11.6 Å². The van der Waals surface area contributed by atoms with Gasteiger partial charge in [0, 0.05) is 0 Å². The molecule has 9 heavy (non-hydrogen) atoms. The summed E-state index contributed by atoms with van der Waals surface area (Å²) in [6.07, 6.45) is 0. The number of hydrogen-bond donors (Lipinski definition) is 0.